The number of hydrogen-bond acceptors (Lipinski definition) is 2. The molecule has 1 aromatic rings. The van der Waals surface area contributed by atoms with Gasteiger partial charge in [0.05, 0.1) is 0 Å². The maximum absolute atomic E-state index is 12.7. The average Bonchev–Trinajstić information content (AvgIpc) is 2.39. The highest BCUT2D eigenvalue weighted by Gasteiger charge is 2.26. The fourth-order valence-electron chi connectivity index (χ4n) is 2.08. The van der Waals surface area contributed by atoms with Crippen LogP contribution in [0.3, 0.4) is 0 Å². The molecule has 96 valence electrons. The van der Waals surface area contributed by atoms with Crippen molar-refractivity contribution in [2.45, 2.75) is 19.8 Å². The first-order valence-corrected chi connectivity index (χ1v) is 6.17. The van der Waals surface area contributed by atoms with Crippen molar-refractivity contribution in [3.05, 3.63) is 35.6 Å². The number of rotatable bonds is 2. The van der Waals surface area contributed by atoms with Crippen LogP contribution in [0.2, 0.25) is 0 Å². The second-order valence-corrected chi connectivity index (χ2v) is 4.81. The summed E-state index contributed by atoms with van der Waals surface area (Å²) < 4.78 is 12.7. The number of piperidine rings is 1. The molecule has 0 aromatic heterocycles. The molecule has 1 fully saturated rings. The standard InChI is InChI=1S/C14H16FNO2/c1-10-6-8-16(9-7-10)14(18)13(17)11-2-4-12(15)5-3-11/h2-5,10H,6-9H2,1H3. The summed E-state index contributed by atoms with van der Waals surface area (Å²) in [7, 11) is 0. The maximum Gasteiger partial charge on any atom is 0.294 e. The maximum atomic E-state index is 12.7. The lowest BCUT2D eigenvalue weighted by atomic mass is 9.98. The Morgan fingerprint density at radius 1 is 1.17 bits per heavy atom. The van der Waals surface area contributed by atoms with Crippen molar-refractivity contribution in [2.24, 2.45) is 5.92 Å². The zero-order valence-corrected chi connectivity index (χ0v) is 10.4. The number of benzene rings is 1. The Morgan fingerprint density at radius 3 is 2.28 bits per heavy atom. The molecule has 1 aliphatic rings. The van der Waals surface area contributed by atoms with E-state index < -0.39 is 17.5 Å². The van der Waals surface area contributed by atoms with Crippen molar-refractivity contribution >= 4 is 11.7 Å². The summed E-state index contributed by atoms with van der Waals surface area (Å²) in [5.74, 6) is -0.834. The van der Waals surface area contributed by atoms with E-state index >= 15 is 0 Å². The summed E-state index contributed by atoms with van der Waals surface area (Å²) in [5.41, 5.74) is 0.250. The van der Waals surface area contributed by atoms with Crippen molar-refractivity contribution in [3.63, 3.8) is 0 Å². The van der Waals surface area contributed by atoms with E-state index in [1.54, 1.807) is 4.90 Å². The van der Waals surface area contributed by atoms with Crippen LogP contribution in [-0.2, 0) is 4.79 Å². The Labute approximate surface area is 106 Å². The van der Waals surface area contributed by atoms with Crippen LogP contribution < -0.4 is 0 Å². The Hall–Kier alpha value is -1.71. The van der Waals surface area contributed by atoms with Gasteiger partial charge in [-0.15, -0.1) is 0 Å². The Morgan fingerprint density at radius 2 is 1.72 bits per heavy atom. The molecule has 18 heavy (non-hydrogen) atoms. The minimum Gasteiger partial charge on any atom is -0.336 e. The molecular formula is C14H16FNO2. The first-order chi connectivity index (χ1) is 8.58. The third kappa shape index (κ3) is 2.75. The zero-order valence-electron chi connectivity index (χ0n) is 10.4. The van der Waals surface area contributed by atoms with E-state index in [1.165, 1.54) is 24.3 Å². The molecule has 1 amide bonds. The molecule has 0 radical (unpaired) electrons. The largest absolute Gasteiger partial charge is 0.336 e. The van der Waals surface area contributed by atoms with Crippen LogP contribution in [0.15, 0.2) is 24.3 Å². The number of Topliss-reactive ketones (excluding diaryl/α,β-unsaturated/α-hetero) is 1. The van der Waals surface area contributed by atoms with Crippen molar-refractivity contribution in [1.29, 1.82) is 0 Å². The van der Waals surface area contributed by atoms with Gasteiger partial charge in [-0.25, -0.2) is 4.39 Å². The summed E-state index contributed by atoms with van der Waals surface area (Å²) in [6, 6.07) is 5.09. The van der Waals surface area contributed by atoms with Crippen LogP contribution >= 0.6 is 0 Å². The monoisotopic (exact) mass is 249 g/mol. The van der Waals surface area contributed by atoms with Crippen LogP contribution in [0.25, 0.3) is 0 Å². The Kier molecular flexibility index (Phi) is 3.75. The highest BCUT2D eigenvalue weighted by molar-refractivity contribution is 6.42. The summed E-state index contributed by atoms with van der Waals surface area (Å²) in [5, 5.41) is 0. The van der Waals surface area contributed by atoms with Crippen molar-refractivity contribution in [1.82, 2.24) is 4.90 Å². The highest BCUT2D eigenvalue weighted by atomic mass is 19.1. The fraction of sp³-hybridized carbons (Fsp3) is 0.429. The first-order valence-electron chi connectivity index (χ1n) is 6.17. The number of ketones is 1. The van der Waals surface area contributed by atoms with Crippen LogP contribution in [0.1, 0.15) is 30.1 Å². The summed E-state index contributed by atoms with van der Waals surface area (Å²) in [4.78, 5) is 25.5. The fourth-order valence-corrected chi connectivity index (χ4v) is 2.08. The molecule has 1 saturated heterocycles. The number of hydrogen-bond donors (Lipinski definition) is 0. The molecule has 0 bridgehead atoms. The van der Waals surface area contributed by atoms with E-state index in [1.807, 2.05) is 0 Å². The van der Waals surface area contributed by atoms with E-state index in [-0.39, 0.29) is 5.56 Å². The summed E-state index contributed by atoms with van der Waals surface area (Å²) >= 11 is 0. The molecule has 1 heterocycles. The zero-order chi connectivity index (χ0) is 13.1. The SMILES string of the molecule is CC1CCN(C(=O)C(=O)c2ccc(F)cc2)CC1. The van der Waals surface area contributed by atoms with E-state index in [4.69, 9.17) is 0 Å². The molecule has 1 aromatic carbocycles. The molecule has 1 aliphatic heterocycles. The lowest BCUT2D eigenvalue weighted by Gasteiger charge is -2.29. The van der Waals surface area contributed by atoms with E-state index in [9.17, 15) is 14.0 Å². The van der Waals surface area contributed by atoms with Crippen LogP contribution in [0, 0.1) is 11.7 Å². The molecule has 0 atom stereocenters. The van der Waals surface area contributed by atoms with E-state index in [0.29, 0.717) is 19.0 Å². The molecule has 0 saturated carbocycles. The van der Waals surface area contributed by atoms with Crippen LogP contribution in [-0.4, -0.2) is 29.7 Å². The Bertz CT molecular complexity index is 447. The number of halogens is 1. The van der Waals surface area contributed by atoms with Crippen molar-refractivity contribution < 1.29 is 14.0 Å². The average molecular weight is 249 g/mol. The molecule has 0 spiro atoms. The van der Waals surface area contributed by atoms with Gasteiger partial charge >= 0.3 is 0 Å². The third-order valence-electron chi connectivity index (χ3n) is 3.37. The van der Waals surface area contributed by atoms with E-state index in [0.717, 1.165) is 12.8 Å². The second kappa shape index (κ2) is 5.29. The number of amides is 1. The van der Waals surface area contributed by atoms with Crippen LogP contribution in [0.5, 0.6) is 0 Å². The molecule has 0 N–H and O–H groups in total. The van der Waals surface area contributed by atoms with Gasteiger partial charge in [-0.05, 0) is 43.0 Å². The van der Waals surface area contributed by atoms with Gasteiger partial charge in [-0.1, -0.05) is 6.92 Å². The normalized spacial score (nSPS) is 16.7. The molecule has 0 aliphatic carbocycles. The van der Waals surface area contributed by atoms with Gasteiger partial charge in [0.15, 0.2) is 0 Å². The Balaban J connectivity index is 2.05. The minimum absolute atomic E-state index is 0.250. The third-order valence-corrected chi connectivity index (χ3v) is 3.37. The number of likely N-dealkylation sites (tertiary alicyclic amines) is 1. The van der Waals surface area contributed by atoms with Gasteiger partial charge < -0.3 is 4.90 Å². The lowest BCUT2D eigenvalue weighted by molar-refractivity contribution is -0.127. The minimum atomic E-state index is -0.551. The molecular weight excluding hydrogens is 233 g/mol. The molecule has 4 heteroatoms. The quantitative estimate of drug-likeness (QED) is 0.595. The van der Waals surface area contributed by atoms with E-state index in [2.05, 4.69) is 6.92 Å². The molecule has 0 unspecified atom stereocenters. The van der Waals surface area contributed by atoms with Gasteiger partial charge in [-0.3, -0.25) is 9.59 Å². The predicted molar refractivity (Wildman–Crippen MR) is 65.7 cm³/mol. The van der Waals surface area contributed by atoms with Crippen molar-refractivity contribution in [3.8, 4) is 0 Å². The van der Waals surface area contributed by atoms with Gasteiger partial charge in [0.25, 0.3) is 5.91 Å². The smallest absolute Gasteiger partial charge is 0.294 e. The number of nitrogens with zero attached hydrogens (tertiary/aromatic N) is 1. The molecule has 3 nitrogen and oxygen atoms in total. The topological polar surface area (TPSA) is 37.4 Å². The van der Waals surface area contributed by atoms with Crippen LogP contribution in [0.4, 0.5) is 4.39 Å². The summed E-state index contributed by atoms with van der Waals surface area (Å²) in [6.45, 7) is 3.41. The number of carbonyl (C=O) groups excluding carboxylic acids is 2. The number of carbonyl (C=O) groups is 2. The lowest BCUT2D eigenvalue weighted by Crippen LogP contribution is -2.41. The molecule has 2 rings (SSSR count). The highest BCUT2D eigenvalue weighted by Crippen LogP contribution is 2.17. The van der Waals surface area contributed by atoms with Gasteiger partial charge in [0.1, 0.15) is 5.82 Å². The first kappa shape index (κ1) is 12.7. The van der Waals surface area contributed by atoms with Crippen molar-refractivity contribution in [2.75, 3.05) is 13.1 Å². The second-order valence-electron chi connectivity index (χ2n) is 4.81. The van der Waals surface area contributed by atoms with Gasteiger partial charge in [0.2, 0.25) is 5.78 Å². The van der Waals surface area contributed by atoms with Gasteiger partial charge in [0, 0.05) is 18.7 Å². The predicted octanol–water partition coefficient (Wildman–Crippen LogP) is 2.27. The summed E-state index contributed by atoms with van der Waals surface area (Å²) in [6.07, 6.45) is 1.87. The van der Waals surface area contributed by atoms with Gasteiger partial charge in [-0.2, -0.15) is 0 Å².